The van der Waals surface area contributed by atoms with Crippen LogP contribution in [0.3, 0.4) is 0 Å². The van der Waals surface area contributed by atoms with E-state index in [0.717, 1.165) is 40.8 Å². The van der Waals surface area contributed by atoms with Crippen LogP contribution in [-0.2, 0) is 13.6 Å². The van der Waals surface area contributed by atoms with Crippen LogP contribution >= 0.6 is 11.6 Å². The van der Waals surface area contributed by atoms with Crippen LogP contribution < -0.4 is 5.32 Å². The van der Waals surface area contributed by atoms with Gasteiger partial charge in [-0.25, -0.2) is 0 Å². The third kappa shape index (κ3) is 2.36. The first-order valence-electron chi connectivity index (χ1n) is 6.58. The molecule has 1 aromatic heterocycles. The van der Waals surface area contributed by atoms with Gasteiger partial charge in [-0.15, -0.1) is 0 Å². The average molecular weight is 254 g/mol. The van der Waals surface area contributed by atoms with Crippen molar-refractivity contribution >= 4 is 11.6 Å². The van der Waals surface area contributed by atoms with Crippen molar-refractivity contribution in [1.29, 1.82) is 0 Å². The van der Waals surface area contributed by atoms with Crippen LogP contribution in [-0.4, -0.2) is 15.8 Å². The predicted octanol–water partition coefficient (Wildman–Crippen LogP) is 2.66. The van der Waals surface area contributed by atoms with Crippen LogP contribution in [0.5, 0.6) is 0 Å². The summed E-state index contributed by atoms with van der Waals surface area (Å²) in [6, 6.07) is 0.723. The van der Waals surface area contributed by atoms with Gasteiger partial charge in [0.1, 0.15) is 0 Å². The monoisotopic (exact) mass is 253 g/mol. The molecule has 3 rings (SSSR count). The summed E-state index contributed by atoms with van der Waals surface area (Å²) in [4.78, 5) is 0. The number of aromatic nitrogens is 2. The van der Waals surface area contributed by atoms with E-state index in [1.807, 2.05) is 18.7 Å². The SMILES string of the molecule is Cc1nn(C)c(CNC(C2CC2)C2CC2)c1Cl. The topological polar surface area (TPSA) is 29.9 Å². The molecular weight excluding hydrogens is 234 g/mol. The lowest BCUT2D eigenvalue weighted by Gasteiger charge is -2.17. The number of aryl methyl sites for hydroxylation is 2. The van der Waals surface area contributed by atoms with E-state index in [1.54, 1.807) is 0 Å². The van der Waals surface area contributed by atoms with Crippen LogP contribution in [0.15, 0.2) is 0 Å². The van der Waals surface area contributed by atoms with Gasteiger partial charge in [0, 0.05) is 19.6 Å². The number of nitrogens with one attached hydrogen (secondary N) is 1. The van der Waals surface area contributed by atoms with Crippen molar-refractivity contribution in [2.45, 2.75) is 45.2 Å². The average Bonchev–Trinajstić information content (AvgIpc) is 3.14. The first kappa shape index (κ1) is 11.5. The number of halogens is 1. The van der Waals surface area contributed by atoms with E-state index in [1.165, 1.54) is 25.7 Å². The van der Waals surface area contributed by atoms with Gasteiger partial charge in [0.25, 0.3) is 0 Å². The Morgan fingerprint density at radius 2 is 1.94 bits per heavy atom. The summed E-state index contributed by atoms with van der Waals surface area (Å²) in [5.41, 5.74) is 2.05. The van der Waals surface area contributed by atoms with Crippen molar-refractivity contribution in [2.75, 3.05) is 0 Å². The molecule has 0 aromatic carbocycles. The maximum atomic E-state index is 6.26. The predicted molar refractivity (Wildman–Crippen MR) is 69.0 cm³/mol. The van der Waals surface area contributed by atoms with Gasteiger partial charge in [-0.3, -0.25) is 4.68 Å². The van der Waals surface area contributed by atoms with E-state index in [0.29, 0.717) is 0 Å². The fourth-order valence-electron chi connectivity index (χ4n) is 2.72. The van der Waals surface area contributed by atoms with Gasteiger partial charge < -0.3 is 5.32 Å². The number of nitrogens with zero attached hydrogens (tertiary/aromatic N) is 2. The highest BCUT2D eigenvalue weighted by atomic mass is 35.5. The highest BCUT2D eigenvalue weighted by Gasteiger charge is 2.41. The van der Waals surface area contributed by atoms with E-state index in [2.05, 4.69) is 10.4 Å². The van der Waals surface area contributed by atoms with Gasteiger partial charge in [0.15, 0.2) is 0 Å². The lowest BCUT2D eigenvalue weighted by Crippen LogP contribution is -2.33. The van der Waals surface area contributed by atoms with Crippen molar-refractivity contribution in [3.05, 3.63) is 16.4 Å². The summed E-state index contributed by atoms with van der Waals surface area (Å²) >= 11 is 6.26. The standard InChI is InChI=1S/C13H20ClN3/c1-8-12(14)11(17(2)16-8)7-15-13(9-3-4-9)10-5-6-10/h9-10,13,15H,3-7H2,1-2H3. The smallest absolute Gasteiger partial charge is 0.0860 e. The molecule has 1 N–H and O–H groups in total. The maximum absolute atomic E-state index is 6.26. The molecule has 1 heterocycles. The van der Waals surface area contributed by atoms with Gasteiger partial charge >= 0.3 is 0 Å². The van der Waals surface area contributed by atoms with Crippen molar-refractivity contribution in [3.8, 4) is 0 Å². The third-order valence-corrected chi connectivity index (χ3v) is 4.52. The zero-order valence-corrected chi connectivity index (χ0v) is 11.3. The van der Waals surface area contributed by atoms with Crippen LogP contribution in [0.25, 0.3) is 0 Å². The second-order valence-electron chi connectivity index (χ2n) is 5.55. The zero-order chi connectivity index (χ0) is 12.0. The van der Waals surface area contributed by atoms with Gasteiger partial charge in [0.2, 0.25) is 0 Å². The molecule has 0 aliphatic heterocycles. The largest absolute Gasteiger partial charge is 0.308 e. The molecule has 2 saturated carbocycles. The number of hydrogen-bond donors (Lipinski definition) is 1. The maximum Gasteiger partial charge on any atom is 0.0860 e. The van der Waals surface area contributed by atoms with Gasteiger partial charge in [-0.05, 0) is 44.4 Å². The molecule has 94 valence electrons. The molecule has 0 radical (unpaired) electrons. The van der Waals surface area contributed by atoms with E-state index in [-0.39, 0.29) is 0 Å². The molecule has 4 heteroatoms. The Hall–Kier alpha value is -0.540. The van der Waals surface area contributed by atoms with Crippen molar-refractivity contribution in [1.82, 2.24) is 15.1 Å². The highest BCUT2D eigenvalue weighted by molar-refractivity contribution is 6.31. The van der Waals surface area contributed by atoms with Crippen LogP contribution in [0.2, 0.25) is 5.02 Å². The molecule has 0 unspecified atom stereocenters. The van der Waals surface area contributed by atoms with Crippen molar-refractivity contribution < 1.29 is 0 Å². The number of rotatable bonds is 5. The Morgan fingerprint density at radius 1 is 1.35 bits per heavy atom. The highest BCUT2D eigenvalue weighted by Crippen LogP contribution is 2.44. The lowest BCUT2D eigenvalue weighted by atomic mass is 10.1. The van der Waals surface area contributed by atoms with Crippen LogP contribution in [0.4, 0.5) is 0 Å². The molecule has 0 amide bonds. The molecule has 1 aromatic rings. The molecule has 2 aliphatic rings. The Bertz CT molecular complexity index is 407. The summed E-state index contributed by atoms with van der Waals surface area (Å²) in [5, 5.41) is 8.89. The Balaban J connectivity index is 1.65. The molecule has 0 spiro atoms. The summed E-state index contributed by atoms with van der Waals surface area (Å²) in [6.07, 6.45) is 5.64. The van der Waals surface area contributed by atoms with E-state index < -0.39 is 0 Å². The van der Waals surface area contributed by atoms with Gasteiger partial charge in [-0.1, -0.05) is 11.6 Å². The molecule has 2 aliphatic carbocycles. The molecule has 2 fully saturated rings. The first-order chi connectivity index (χ1) is 8.16. The van der Waals surface area contributed by atoms with Crippen LogP contribution in [0.1, 0.15) is 37.1 Å². The van der Waals surface area contributed by atoms with Gasteiger partial charge in [0.05, 0.1) is 16.4 Å². The minimum Gasteiger partial charge on any atom is -0.308 e. The van der Waals surface area contributed by atoms with E-state index >= 15 is 0 Å². The minimum atomic E-state index is 0.723. The van der Waals surface area contributed by atoms with Gasteiger partial charge in [-0.2, -0.15) is 5.10 Å². The first-order valence-corrected chi connectivity index (χ1v) is 6.96. The minimum absolute atomic E-state index is 0.723. The Morgan fingerprint density at radius 3 is 2.35 bits per heavy atom. The second kappa shape index (κ2) is 4.29. The fourth-order valence-corrected chi connectivity index (χ4v) is 2.94. The quantitative estimate of drug-likeness (QED) is 0.875. The molecule has 3 nitrogen and oxygen atoms in total. The van der Waals surface area contributed by atoms with E-state index in [9.17, 15) is 0 Å². The van der Waals surface area contributed by atoms with Crippen molar-refractivity contribution in [3.63, 3.8) is 0 Å². The lowest BCUT2D eigenvalue weighted by molar-refractivity contribution is 0.409. The normalized spacial score (nSPS) is 20.2. The zero-order valence-electron chi connectivity index (χ0n) is 10.5. The summed E-state index contributed by atoms with van der Waals surface area (Å²) < 4.78 is 1.90. The van der Waals surface area contributed by atoms with Crippen LogP contribution in [0, 0.1) is 18.8 Å². The second-order valence-corrected chi connectivity index (χ2v) is 5.93. The van der Waals surface area contributed by atoms with Crippen molar-refractivity contribution in [2.24, 2.45) is 18.9 Å². The summed E-state index contributed by atoms with van der Waals surface area (Å²) in [7, 11) is 1.97. The Kier molecular flexibility index (Phi) is 2.91. The summed E-state index contributed by atoms with van der Waals surface area (Å²) in [5.74, 6) is 1.85. The summed E-state index contributed by atoms with van der Waals surface area (Å²) in [6.45, 7) is 2.82. The van der Waals surface area contributed by atoms with E-state index in [4.69, 9.17) is 11.6 Å². The fraction of sp³-hybridized carbons (Fsp3) is 0.769. The molecular formula is C13H20ClN3. The third-order valence-electron chi connectivity index (χ3n) is 4.03. The Labute approximate surface area is 108 Å². The molecule has 0 saturated heterocycles. The molecule has 17 heavy (non-hydrogen) atoms. The number of hydrogen-bond acceptors (Lipinski definition) is 2. The molecule has 0 bridgehead atoms. The molecule has 0 atom stereocenters.